The molecule has 0 radical (unpaired) electrons. The summed E-state index contributed by atoms with van der Waals surface area (Å²) < 4.78 is 7.21. The minimum Gasteiger partial charge on any atom is -0.489 e. The van der Waals surface area contributed by atoms with Crippen LogP contribution >= 0.6 is 0 Å². The van der Waals surface area contributed by atoms with Crippen molar-refractivity contribution in [2.24, 2.45) is 5.73 Å². The van der Waals surface area contributed by atoms with Crippen LogP contribution in [0.3, 0.4) is 0 Å². The lowest BCUT2D eigenvalue weighted by Crippen LogP contribution is -2.18. The number of hydrogen-bond donors (Lipinski definition) is 2. The van der Waals surface area contributed by atoms with Crippen molar-refractivity contribution in [3.63, 3.8) is 0 Å². The number of nitrogens with one attached hydrogen (secondary N) is 1. The number of hydrogen-bond acceptors (Lipinski definition) is 6. The van der Waals surface area contributed by atoms with Crippen molar-refractivity contribution < 1.29 is 19.2 Å². The zero-order chi connectivity index (χ0) is 22.5. The van der Waals surface area contributed by atoms with Crippen LogP contribution in [0.15, 0.2) is 48.7 Å². The molecule has 10 heteroatoms. The summed E-state index contributed by atoms with van der Waals surface area (Å²) in [4.78, 5) is 34.7. The van der Waals surface area contributed by atoms with Crippen molar-refractivity contribution in [3.8, 4) is 5.75 Å². The largest absolute Gasteiger partial charge is 0.489 e. The maximum atomic E-state index is 12.7. The van der Waals surface area contributed by atoms with Gasteiger partial charge >= 0.3 is 0 Å². The highest BCUT2D eigenvalue weighted by Crippen LogP contribution is 2.24. The molecule has 0 saturated heterocycles. The predicted octanol–water partition coefficient (Wildman–Crippen LogP) is 3.05. The number of aromatic nitrogens is 2. The molecule has 0 unspecified atom stereocenters. The number of nitro groups is 1. The van der Waals surface area contributed by atoms with Crippen LogP contribution in [-0.4, -0.2) is 26.5 Å². The summed E-state index contributed by atoms with van der Waals surface area (Å²) in [5.74, 6) is -0.676. The SMILES string of the molecule is CCn1cc(NC(=O)c2cccc(COc3ccc([N+](=O)[O-])c(C)c3)c2)c(C(N)=O)n1. The number of rotatable bonds is 8. The second-order valence-electron chi connectivity index (χ2n) is 6.76. The van der Waals surface area contributed by atoms with Crippen molar-refractivity contribution in [1.29, 1.82) is 0 Å². The molecule has 1 aromatic heterocycles. The van der Waals surface area contributed by atoms with E-state index in [1.807, 2.05) is 6.92 Å². The molecular weight excluding hydrogens is 402 g/mol. The lowest BCUT2D eigenvalue weighted by molar-refractivity contribution is -0.385. The molecule has 2 aromatic carbocycles. The monoisotopic (exact) mass is 423 g/mol. The highest BCUT2D eigenvalue weighted by atomic mass is 16.6. The van der Waals surface area contributed by atoms with Gasteiger partial charge in [0.2, 0.25) is 0 Å². The molecule has 1 heterocycles. The summed E-state index contributed by atoms with van der Waals surface area (Å²) in [7, 11) is 0. The fourth-order valence-electron chi connectivity index (χ4n) is 2.94. The standard InChI is InChI=1S/C21H21N5O5/c1-3-25-11-17(19(24-25)20(22)27)23-21(28)15-6-4-5-14(10-15)12-31-16-7-8-18(26(29)30)13(2)9-16/h4-11H,3,12H2,1-2H3,(H2,22,27)(H,23,28). The Morgan fingerprint density at radius 1 is 1.26 bits per heavy atom. The Bertz CT molecular complexity index is 1150. The molecule has 0 spiro atoms. The van der Waals surface area contributed by atoms with Gasteiger partial charge in [-0.15, -0.1) is 0 Å². The predicted molar refractivity (Wildman–Crippen MR) is 113 cm³/mol. The quantitative estimate of drug-likeness (QED) is 0.421. The summed E-state index contributed by atoms with van der Waals surface area (Å²) >= 11 is 0. The van der Waals surface area contributed by atoms with Gasteiger partial charge in [0.1, 0.15) is 12.4 Å². The number of anilines is 1. The van der Waals surface area contributed by atoms with Gasteiger partial charge in [0.15, 0.2) is 5.69 Å². The van der Waals surface area contributed by atoms with Crippen LogP contribution in [-0.2, 0) is 13.2 Å². The van der Waals surface area contributed by atoms with Gasteiger partial charge in [-0.05, 0) is 43.7 Å². The number of carbonyl (C=O) groups excluding carboxylic acids is 2. The number of amides is 2. The molecule has 0 bridgehead atoms. The fraction of sp³-hybridized carbons (Fsp3) is 0.190. The summed E-state index contributed by atoms with van der Waals surface area (Å²) in [6.07, 6.45) is 1.54. The number of nitrogens with two attached hydrogens (primary N) is 1. The molecule has 0 aliphatic rings. The van der Waals surface area contributed by atoms with Crippen LogP contribution in [0.5, 0.6) is 5.75 Å². The zero-order valence-corrected chi connectivity index (χ0v) is 17.0. The molecule has 3 aromatic rings. The Balaban J connectivity index is 1.71. The second-order valence-corrected chi connectivity index (χ2v) is 6.76. The third-order valence-electron chi connectivity index (χ3n) is 4.53. The number of nitrogens with zero attached hydrogens (tertiary/aromatic N) is 3. The first-order valence-corrected chi connectivity index (χ1v) is 9.44. The van der Waals surface area contributed by atoms with Crippen molar-refractivity contribution in [3.05, 3.63) is 81.2 Å². The number of nitro benzene ring substituents is 1. The van der Waals surface area contributed by atoms with Crippen LogP contribution in [0.1, 0.15) is 38.9 Å². The minimum atomic E-state index is -0.733. The maximum absolute atomic E-state index is 12.7. The molecule has 3 N–H and O–H groups in total. The van der Waals surface area contributed by atoms with E-state index in [-0.39, 0.29) is 23.7 Å². The van der Waals surface area contributed by atoms with Gasteiger partial charge in [-0.2, -0.15) is 5.10 Å². The minimum absolute atomic E-state index is 0.0109. The van der Waals surface area contributed by atoms with E-state index in [0.29, 0.717) is 23.4 Å². The number of benzene rings is 2. The Morgan fingerprint density at radius 3 is 2.68 bits per heavy atom. The molecule has 0 aliphatic heterocycles. The summed E-state index contributed by atoms with van der Waals surface area (Å²) in [5.41, 5.74) is 7.16. The first kappa shape index (κ1) is 21.5. The van der Waals surface area contributed by atoms with E-state index in [1.54, 1.807) is 43.5 Å². The van der Waals surface area contributed by atoms with Gasteiger partial charge in [-0.3, -0.25) is 24.4 Å². The van der Waals surface area contributed by atoms with Gasteiger partial charge in [0, 0.05) is 29.9 Å². The number of primary amides is 1. The maximum Gasteiger partial charge on any atom is 0.272 e. The first-order valence-electron chi connectivity index (χ1n) is 9.44. The Morgan fingerprint density at radius 2 is 2.03 bits per heavy atom. The Kier molecular flexibility index (Phi) is 6.29. The highest BCUT2D eigenvalue weighted by molar-refractivity contribution is 6.08. The molecule has 3 rings (SSSR count). The lowest BCUT2D eigenvalue weighted by atomic mass is 10.1. The van der Waals surface area contributed by atoms with Gasteiger partial charge < -0.3 is 15.8 Å². The van der Waals surface area contributed by atoms with Crippen molar-refractivity contribution >= 4 is 23.2 Å². The molecule has 0 saturated carbocycles. The van der Waals surface area contributed by atoms with E-state index in [2.05, 4.69) is 10.4 Å². The van der Waals surface area contributed by atoms with E-state index in [0.717, 1.165) is 5.56 Å². The lowest BCUT2D eigenvalue weighted by Gasteiger charge is -2.09. The van der Waals surface area contributed by atoms with Gasteiger partial charge in [-0.25, -0.2) is 0 Å². The molecule has 160 valence electrons. The Labute approximate surface area is 177 Å². The van der Waals surface area contributed by atoms with E-state index < -0.39 is 16.7 Å². The van der Waals surface area contributed by atoms with Crippen molar-refractivity contribution in [1.82, 2.24) is 9.78 Å². The van der Waals surface area contributed by atoms with Crippen LogP contribution < -0.4 is 15.8 Å². The molecule has 0 fully saturated rings. The third-order valence-corrected chi connectivity index (χ3v) is 4.53. The average molecular weight is 423 g/mol. The molecule has 31 heavy (non-hydrogen) atoms. The summed E-state index contributed by atoms with van der Waals surface area (Å²) in [6.45, 7) is 4.17. The molecule has 10 nitrogen and oxygen atoms in total. The molecule has 0 atom stereocenters. The van der Waals surface area contributed by atoms with Gasteiger partial charge in [0.25, 0.3) is 17.5 Å². The fourth-order valence-corrected chi connectivity index (χ4v) is 2.94. The van der Waals surface area contributed by atoms with Gasteiger partial charge in [0.05, 0.1) is 10.6 Å². The Hall–Kier alpha value is -4.21. The van der Waals surface area contributed by atoms with E-state index in [9.17, 15) is 19.7 Å². The van der Waals surface area contributed by atoms with Gasteiger partial charge in [-0.1, -0.05) is 12.1 Å². The number of carbonyl (C=O) groups is 2. The topological polar surface area (TPSA) is 142 Å². The van der Waals surface area contributed by atoms with E-state index in [4.69, 9.17) is 10.5 Å². The summed E-state index contributed by atoms with van der Waals surface area (Å²) in [5, 5.41) is 17.6. The molecule has 2 amide bonds. The van der Waals surface area contributed by atoms with E-state index in [1.165, 1.54) is 16.8 Å². The number of ether oxygens (including phenoxy) is 1. The zero-order valence-electron chi connectivity index (χ0n) is 17.0. The van der Waals surface area contributed by atoms with Crippen molar-refractivity contribution in [2.45, 2.75) is 27.0 Å². The van der Waals surface area contributed by atoms with Crippen LogP contribution in [0.4, 0.5) is 11.4 Å². The van der Waals surface area contributed by atoms with Crippen molar-refractivity contribution in [2.75, 3.05) is 5.32 Å². The second kappa shape index (κ2) is 9.08. The van der Waals surface area contributed by atoms with Crippen LogP contribution in [0, 0.1) is 17.0 Å². The number of aryl methyl sites for hydroxylation is 2. The molecular formula is C21H21N5O5. The summed E-state index contributed by atoms with van der Waals surface area (Å²) in [6, 6.07) is 11.3. The third kappa shape index (κ3) is 5.04. The van der Waals surface area contributed by atoms with Crippen LogP contribution in [0.2, 0.25) is 0 Å². The normalized spacial score (nSPS) is 10.5. The highest BCUT2D eigenvalue weighted by Gasteiger charge is 2.17. The molecule has 0 aliphatic carbocycles. The van der Waals surface area contributed by atoms with E-state index >= 15 is 0 Å². The van der Waals surface area contributed by atoms with Crippen LogP contribution in [0.25, 0.3) is 0 Å². The smallest absolute Gasteiger partial charge is 0.272 e. The average Bonchev–Trinajstić information content (AvgIpc) is 3.15. The first-order chi connectivity index (χ1) is 14.8.